The summed E-state index contributed by atoms with van der Waals surface area (Å²) in [6, 6.07) is 17.6. The fourth-order valence-electron chi connectivity index (χ4n) is 5.73. The lowest BCUT2D eigenvalue weighted by atomic mass is 9.83. The van der Waals surface area contributed by atoms with E-state index in [9.17, 15) is 14.4 Å². The highest BCUT2D eigenvalue weighted by molar-refractivity contribution is 6.30. The minimum atomic E-state index is -0.943. The Balaban J connectivity index is 1.36. The molecule has 178 valence electrons. The largest absolute Gasteiger partial charge is 0.454 e. The number of ketones is 1. The van der Waals surface area contributed by atoms with Crippen LogP contribution in [0.3, 0.4) is 0 Å². The van der Waals surface area contributed by atoms with Crippen molar-refractivity contribution in [3.63, 3.8) is 0 Å². The molecule has 0 aliphatic carbocycles. The highest BCUT2D eigenvalue weighted by atomic mass is 35.5. The lowest BCUT2D eigenvalue weighted by molar-refractivity contribution is -0.124. The fourth-order valence-corrected chi connectivity index (χ4v) is 5.86. The van der Waals surface area contributed by atoms with Crippen molar-refractivity contribution >= 4 is 41.1 Å². The summed E-state index contributed by atoms with van der Waals surface area (Å²) in [4.78, 5) is 42.9. The molecule has 9 heteroatoms. The Labute approximate surface area is 210 Å². The zero-order chi connectivity index (χ0) is 24.6. The number of carbonyl (C=O) groups is 3. The van der Waals surface area contributed by atoms with Gasteiger partial charge in [0, 0.05) is 16.7 Å². The molecule has 0 unspecified atom stereocenters. The Hall–Kier alpha value is -4.17. The van der Waals surface area contributed by atoms with Gasteiger partial charge in [0.1, 0.15) is 6.04 Å². The number of hydrogen-bond donors (Lipinski definition) is 0. The van der Waals surface area contributed by atoms with E-state index in [0.29, 0.717) is 27.8 Å². The van der Waals surface area contributed by atoms with Gasteiger partial charge in [0.25, 0.3) is 0 Å². The van der Waals surface area contributed by atoms with Crippen LogP contribution >= 0.6 is 11.6 Å². The van der Waals surface area contributed by atoms with E-state index in [4.69, 9.17) is 21.1 Å². The third-order valence-electron chi connectivity index (χ3n) is 7.30. The number of hydrogen-bond acceptors (Lipinski definition) is 7. The smallest absolute Gasteiger partial charge is 0.240 e. The van der Waals surface area contributed by atoms with Crippen LogP contribution in [0, 0.1) is 11.8 Å². The van der Waals surface area contributed by atoms with Gasteiger partial charge in [-0.1, -0.05) is 35.9 Å². The van der Waals surface area contributed by atoms with Crippen LogP contribution in [0.1, 0.15) is 27.5 Å². The summed E-state index contributed by atoms with van der Waals surface area (Å²) in [7, 11) is 0. The quantitative estimate of drug-likeness (QED) is 0.402. The molecule has 8 nitrogen and oxygen atoms in total. The summed E-state index contributed by atoms with van der Waals surface area (Å²) in [6.07, 6.45) is 1.68. The number of hydrazone groups is 1. The van der Waals surface area contributed by atoms with Gasteiger partial charge in [0.15, 0.2) is 17.3 Å². The zero-order valence-electron chi connectivity index (χ0n) is 18.7. The van der Waals surface area contributed by atoms with Gasteiger partial charge in [-0.25, -0.2) is 4.90 Å². The maximum absolute atomic E-state index is 13.9. The van der Waals surface area contributed by atoms with Crippen molar-refractivity contribution in [3.8, 4) is 11.5 Å². The van der Waals surface area contributed by atoms with E-state index < -0.39 is 29.8 Å². The molecule has 36 heavy (non-hydrogen) atoms. The molecule has 2 saturated heterocycles. The second kappa shape index (κ2) is 7.66. The highest BCUT2D eigenvalue weighted by Crippen LogP contribution is 2.53. The molecule has 2 amide bonds. The van der Waals surface area contributed by atoms with E-state index in [1.54, 1.807) is 53.7 Å². The van der Waals surface area contributed by atoms with Crippen LogP contribution in [0.5, 0.6) is 11.5 Å². The van der Waals surface area contributed by atoms with Gasteiger partial charge in [-0.05, 0) is 47.5 Å². The molecular formula is C27H18ClN3O5. The first-order valence-corrected chi connectivity index (χ1v) is 11.9. The molecule has 0 radical (unpaired) electrons. The Morgan fingerprint density at radius 1 is 0.917 bits per heavy atom. The summed E-state index contributed by atoms with van der Waals surface area (Å²) < 4.78 is 10.8. The summed E-state index contributed by atoms with van der Waals surface area (Å²) in [5, 5.41) is 6.72. The van der Waals surface area contributed by atoms with Crippen molar-refractivity contribution in [1.29, 1.82) is 0 Å². The molecule has 4 aliphatic heterocycles. The van der Waals surface area contributed by atoms with E-state index in [0.717, 1.165) is 11.1 Å². The third kappa shape index (κ3) is 2.88. The zero-order valence-corrected chi connectivity index (χ0v) is 19.5. The van der Waals surface area contributed by atoms with Crippen molar-refractivity contribution in [1.82, 2.24) is 5.01 Å². The number of rotatable bonds is 3. The molecule has 4 aliphatic rings. The minimum absolute atomic E-state index is 0.0788. The monoisotopic (exact) mass is 499 g/mol. The van der Waals surface area contributed by atoms with Crippen LogP contribution in [0.25, 0.3) is 0 Å². The van der Waals surface area contributed by atoms with Crippen molar-refractivity contribution in [2.75, 3.05) is 11.7 Å². The molecule has 0 spiro atoms. The lowest BCUT2D eigenvalue weighted by Crippen LogP contribution is -2.44. The number of nitrogens with zero attached hydrogens (tertiary/aromatic N) is 3. The van der Waals surface area contributed by atoms with Crippen LogP contribution in [0.15, 0.2) is 71.8 Å². The normalized spacial score (nSPS) is 25.1. The Morgan fingerprint density at radius 3 is 2.50 bits per heavy atom. The molecule has 4 atom stereocenters. The minimum Gasteiger partial charge on any atom is -0.454 e. The molecule has 3 aromatic carbocycles. The van der Waals surface area contributed by atoms with E-state index in [1.807, 2.05) is 24.3 Å². The van der Waals surface area contributed by atoms with E-state index in [2.05, 4.69) is 5.10 Å². The number of imide groups is 1. The van der Waals surface area contributed by atoms with E-state index in [1.165, 1.54) is 4.90 Å². The number of halogens is 1. The molecule has 2 fully saturated rings. The van der Waals surface area contributed by atoms with Gasteiger partial charge in [0.05, 0.1) is 29.8 Å². The van der Waals surface area contributed by atoms with Gasteiger partial charge in [0.2, 0.25) is 18.6 Å². The average molecular weight is 500 g/mol. The van der Waals surface area contributed by atoms with Crippen molar-refractivity contribution in [2.45, 2.75) is 12.1 Å². The van der Waals surface area contributed by atoms with Gasteiger partial charge in [-0.3, -0.25) is 19.4 Å². The van der Waals surface area contributed by atoms with Gasteiger partial charge < -0.3 is 9.47 Å². The van der Waals surface area contributed by atoms with E-state index >= 15 is 0 Å². The molecule has 3 aromatic rings. The summed E-state index contributed by atoms with van der Waals surface area (Å²) in [5.41, 5.74) is 2.52. The maximum Gasteiger partial charge on any atom is 0.240 e. The van der Waals surface area contributed by atoms with Crippen molar-refractivity contribution < 1.29 is 23.9 Å². The predicted octanol–water partition coefficient (Wildman–Crippen LogP) is 3.83. The molecule has 4 heterocycles. The molecule has 0 aromatic heterocycles. The number of fused-ring (bicyclic) bond motifs is 6. The predicted molar refractivity (Wildman–Crippen MR) is 130 cm³/mol. The second-order valence-corrected chi connectivity index (χ2v) is 9.55. The Bertz CT molecular complexity index is 1490. The van der Waals surface area contributed by atoms with Crippen molar-refractivity contribution in [3.05, 3.63) is 88.4 Å². The van der Waals surface area contributed by atoms with Gasteiger partial charge in [-0.2, -0.15) is 5.10 Å². The second-order valence-electron chi connectivity index (χ2n) is 9.12. The standard InChI is InChI=1S/C27H18ClN3O5/c28-16-7-5-14(6-8-16)25(32)24-22-21(23-18-4-2-1-3-15(18)12-29-31(23)24)26(33)30(27(22)34)17-9-10-19-20(11-17)36-13-35-19/h1-12,21-24H,13H2/t21-,22+,23-,24-/m0/s1. The van der Waals surface area contributed by atoms with Gasteiger partial charge in [-0.15, -0.1) is 0 Å². The molecule has 0 bridgehead atoms. The molecule has 0 saturated carbocycles. The summed E-state index contributed by atoms with van der Waals surface area (Å²) in [5.74, 6) is -1.74. The number of carbonyl (C=O) groups excluding carboxylic acids is 3. The molecular weight excluding hydrogens is 482 g/mol. The van der Waals surface area contributed by atoms with Crippen LogP contribution in [-0.4, -0.2) is 41.7 Å². The number of benzene rings is 3. The fraction of sp³-hybridized carbons (Fsp3) is 0.185. The number of Topliss-reactive ketones (excluding diaryl/α,β-unsaturated/α-hetero) is 1. The lowest BCUT2D eigenvalue weighted by Gasteiger charge is -2.33. The Morgan fingerprint density at radius 2 is 1.67 bits per heavy atom. The average Bonchev–Trinajstić information content (AvgIpc) is 3.57. The first kappa shape index (κ1) is 21.1. The van der Waals surface area contributed by atoms with Crippen LogP contribution < -0.4 is 14.4 Å². The Kier molecular flexibility index (Phi) is 4.50. The topological polar surface area (TPSA) is 88.5 Å². The molecule has 7 rings (SSSR count). The highest BCUT2D eigenvalue weighted by Gasteiger charge is 2.65. The number of amides is 2. The third-order valence-corrected chi connectivity index (χ3v) is 7.56. The van der Waals surface area contributed by atoms with Crippen LogP contribution in [0.4, 0.5) is 5.69 Å². The molecule has 0 N–H and O–H groups in total. The van der Waals surface area contributed by atoms with Crippen molar-refractivity contribution in [2.24, 2.45) is 16.9 Å². The SMILES string of the molecule is O=C(c1ccc(Cl)cc1)[C@@H]1[C@@H]2C(=O)N(c3ccc4c(c3)OCO4)C(=O)[C@@H]2[C@@H]2c3ccccc3C=NN12. The first-order valence-electron chi connectivity index (χ1n) is 11.5. The van der Waals surface area contributed by atoms with Crippen LogP contribution in [0.2, 0.25) is 5.02 Å². The number of anilines is 1. The van der Waals surface area contributed by atoms with Crippen LogP contribution in [-0.2, 0) is 9.59 Å². The first-order chi connectivity index (χ1) is 17.5. The van der Waals surface area contributed by atoms with E-state index in [-0.39, 0.29) is 18.5 Å². The van der Waals surface area contributed by atoms with Gasteiger partial charge >= 0.3 is 0 Å². The summed E-state index contributed by atoms with van der Waals surface area (Å²) in [6.45, 7) is 0.0788. The number of ether oxygens (including phenoxy) is 2. The maximum atomic E-state index is 13.9. The summed E-state index contributed by atoms with van der Waals surface area (Å²) >= 11 is 6.03.